The van der Waals surface area contributed by atoms with Crippen molar-refractivity contribution >= 4 is 15.8 Å². The Morgan fingerprint density at radius 2 is 2.00 bits per heavy atom. The molecule has 0 radical (unpaired) electrons. The predicted octanol–water partition coefficient (Wildman–Crippen LogP) is 3.18. The SMILES string of the molecule is CC(C)(C)NC1(C)CCC[N+]1(C)[SiH2]C1C=Cc2ccccc21. The van der Waals surface area contributed by atoms with Crippen LogP contribution in [0, 0.1) is 0 Å². The third-order valence-corrected chi connectivity index (χ3v) is 8.58. The topological polar surface area (TPSA) is 12.0 Å². The maximum atomic E-state index is 3.97. The molecule has 1 aliphatic heterocycles. The van der Waals surface area contributed by atoms with E-state index in [9.17, 15) is 0 Å². The number of likely N-dealkylation sites (tertiary alicyclic amines) is 1. The highest BCUT2D eigenvalue weighted by atomic mass is 28.2. The highest BCUT2D eigenvalue weighted by molar-refractivity contribution is 6.31. The van der Waals surface area contributed by atoms with Crippen molar-refractivity contribution in [2.75, 3.05) is 13.6 Å². The molecule has 0 bridgehead atoms. The number of nitrogens with zero attached hydrogens (tertiary/aromatic N) is 1. The number of nitrogens with one attached hydrogen (secondary N) is 1. The molecule has 1 N–H and O–H groups in total. The Morgan fingerprint density at radius 3 is 2.73 bits per heavy atom. The minimum atomic E-state index is -0.326. The van der Waals surface area contributed by atoms with E-state index in [1.54, 1.807) is 5.56 Å². The summed E-state index contributed by atoms with van der Waals surface area (Å²) in [7, 11) is 2.18. The summed E-state index contributed by atoms with van der Waals surface area (Å²) in [5.74, 6) is 0. The molecule has 0 amide bonds. The number of rotatable bonds is 3. The van der Waals surface area contributed by atoms with E-state index in [0.717, 1.165) is 0 Å². The third-order valence-electron chi connectivity index (χ3n) is 5.65. The molecule has 1 aromatic carbocycles. The standard InChI is InChI=1S/C19H31N2Si/c1-18(2,3)20-19(4)13-8-14-21(19,5)22-17-12-11-15-9-6-7-10-16(15)17/h6-7,9-12,17,20H,8,13-14,22H2,1-5H3/q+1. The van der Waals surface area contributed by atoms with Crippen molar-refractivity contribution in [1.29, 1.82) is 0 Å². The van der Waals surface area contributed by atoms with E-state index in [4.69, 9.17) is 0 Å². The summed E-state index contributed by atoms with van der Waals surface area (Å²) in [6.07, 6.45) is 7.45. The zero-order valence-electron chi connectivity index (χ0n) is 14.8. The van der Waals surface area contributed by atoms with E-state index < -0.39 is 0 Å². The molecule has 3 unspecified atom stereocenters. The quantitative estimate of drug-likeness (QED) is 0.845. The van der Waals surface area contributed by atoms with Crippen molar-refractivity contribution < 1.29 is 4.15 Å². The molecule has 22 heavy (non-hydrogen) atoms. The van der Waals surface area contributed by atoms with Crippen LogP contribution in [0.1, 0.15) is 57.2 Å². The van der Waals surface area contributed by atoms with Crippen molar-refractivity contribution in [3.8, 4) is 0 Å². The fraction of sp³-hybridized carbons (Fsp3) is 0.579. The van der Waals surface area contributed by atoms with Crippen LogP contribution in [0.2, 0.25) is 0 Å². The van der Waals surface area contributed by atoms with E-state index in [2.05, 4.69) is 76.5 Å². The molecule has 0 aromatic heterocycles. The van der Waals surface area contributed by atoms with Crippen LogP contribution >= 0.6 is 0 Å². The first-order chi connectivity index (χ1) is 10.2. The Bertz CT molecular complexity index is 589. The van der Waals surface area contributed by atoms with Gasteiger partial charge in [0.05, 0.1) is 13.6 Å². The Balaban J connectivity index is 1.83. The lowest BCUT2D eigenvalue weighted by atomic mass is 10.0. The zero-order chi connectivity index (χ0) is 16.0. The summed E-state index contributed by atoms with van der Waals surface area (Å²) >= 11 is 0. The van der Waals surface area contributed by atoms with Gasteiger partial charge in [-0.05, 0) is 31.9 Å². The fourth-order valence-electron chi connectivity index (χ4n) is 4.50. The minimum absolute atomic E-state index is 0.177. The summed E-state index contributed by atoms with van der Waals surface area (Å²) in [6.45, 7) is 10.7. The van der Waals surface area contributed by atoms with Gasteiger partial charge in [0, 0.05) is 30.8 Å². The van der Waals surface area contributed by atoms with Gasteiger partial charge in [-0.3, -0.25) is 5.32 Å². The van der Waals surface area contributed by atoms with Crippen LogP contribution in [0.4, 0.5) is 0 Å². The highest BCUT2D eigenvalue weighted by Gasteiger charge is 2.50. The van der Waals surface area contributed by atoms with Gasteiger partial charge >= 0.3 is 0 Å². The largest absolute Gasteiger partial charge is 0.373 e. The van der Waals surface area contributed by atoms with Crippen LogP contribution in [-0.4, -0.2) is 38.6 Å². The molecule has 2 nitrogen and oxygen atoms in total. The first-order valence-electron chi connectivity index (χ1n) is 8.64. The summed E-state index contributed by atoms with van der Waals surface area (Å²) < 4.78 is 1.26. The predicted molar refractivity (Wildman–Crippen MR) is 98.3 cm³/mol. The van der Waals surface area contributed by atoms with Crippen molar-refractivity contribution in [3.63, 3.8) is 0 Å². The lowest BCUT2D eigenvalue weighted by Gasteiger charge is -2.50. The van der Waals surface area contributed by atoms with Crippen molar-refractivity contribution in [3.05, 3.63) is 41.5 Å². The molecule has 1 saturated heterocycles. The second-order valence-corrected chi connectivity index (χ2v) is 11.3. The molecule has 1 aromatic rings. The summed E-state index contributed by atoms with van der Waals surface area (Å²) in [5.41, 5.74) is 4.11. The Kier molecular flexibility index (Phi) is 3.87. The Labute approximate surface area is 138 Å². The molecule has 0 spiro atoms. The maximum Gasteiger partial charge on any atom is 0.267 e. The number of benzene rings is 1. The molecule has 1 fully saturated rings. The molecule has 0 saturated carbocycles. The van der Waals surface area contributed by atoms with E-state index in [1.165, 1.54) is 29.1 Å². The molecule has 1 heterocycles. The van der Waals surface area contributed by atoms with Crippen LogP contribution in [0.3, 0.4) is 0 Å². The Hall–Kier alpha value is -0.903. The van der Waals surface area contributed by atoms with Crippen LogP contribution < -0.4 is 5.32 Å². The normalized spacial score (nSPS) is 34.7. The molecular weight excluding hydrogens is 284 g/mol. The molecular formula is C19H31N2Si+. The third kappa shape index (κ3) is 2.82. The van der Waals surface area contributed by atoms with Gasteiger partial charge in [-0.15, -0.1) is 0 Å². The molecule has 1 aliphatic carbocycles. The average molecular weight is 316 g/mol. The van der Waals surface area contributed by atoms with Gasteiger partial charge in [0.1, 0.15) is 5.66 Å². The van der Waals surface area contributed by atoms with Crippen LogP contribution in [0.15, 0.2) is 30.3 Å². The van der Waals surface area contributed by atoms with Crippen molar-refractivity contribution in [2.24, 2.45) is 0 Å². The van der Waals surface area contributed by atoms with Crippen LogP contribution in [0.5, 0.6) is 0 Å². The smallest absolute Gasteiger partial charge is 0.267 e. The van der Waals surface area contributed by atoms with Crippen molar-refractivity contribution in [1.82, 2.24) is 5.32 Å². The summed E-state index contributed by atoms with van der Waals surface area (Å²) in [5, 5.41) is 3.97. The second-order valence-electron chi connectivity index (χ2n) is 8.65. The van der Waals surface area contributed by atoms with Gasteiger partial charge in [0.2, 0.25) is 0 Å². The number of fused-ring (bicyclic) bond motifs is 1. The van der Waals surface area contributed by atoms with Gasteiger partial charge in [0.25, 0.3) is 9.68 Å². The summed E-state index contributed by atoms with van der Waals surface area (Å²) in [6, 6.07) is 8.95. The Morgan fingerprint density at radius 1 is 1.27 bits per heavy atom. The fourth-order valence-corrected chi connectivity index (χ4v) is 7.25. The molecule has 3 heteroatoms. The van der Waals surface area contributed by atoms with Gasteiger partial charge in [-0.25, -0.2) is 0 Å². The van der Waals surface area contributed by atoms with Gasteiger partial charge < -0.3 is 4.15 Å². The molecule has 3 atom stereocenters. The average Bonchev–Trinajstić information content (AvgIpc) is 2.91. The second kappa shape index (κ2) is 5.33. The molecule has 120 valence electrons. The lowest BCUT2D eigenvalue weighted by Crippen LogP contribution is -2.69. The lowest BCUT2D eigenvalue weighted by molar-refractivity contribution is -0.847. The number of quaternary nitrogens is 1. The van der Waals surface area contributed by atoms with Crippen LogP contribution in [0.25, 0.3) is 6.08 Å². The number of hydrogen-bond donors (Lipinski definition) is 1. The van der Waals surface area contributed by atoms with Crippen molar-refractivity contribution in [2.45, 2.75) is 57.3 Å². The highest BCUT2D eigenvalue weighted by Crippen LogP contribution is 2.38. The van der Waals surface area contributed by atoms with Crippen LogP contribution in [-0.2, 0) is 0 Å². The van der Waals surface area contributed by atoms with E-state index in [0.29, 0.717) is 5.54 Å². The van der Waals surface area contributed by atoms with E-state index in [1.807, 2.05) is 0 Å². The zero-order valence-corrected chi connectivity index (χ0v) is 16.2. The molecule has 3 rings (SSSR count). The van der Waals surface area contributed by atoms with Gasteiger partial charge in [-0.1, -0.05) is 36.4 Å². The van der Waals surface area contributed by atoms with Gasteiger partial charge in [-0.2, -0.15) is 0 Å². The first kappa shape index (κ1) is 16.0. The van der Waals surface area contributed by atoms with Gasteiger partial charge in [0.15, 0.2) is 0 Å². The number of allylic oxidation sites excluding steroid dienone is 1. The number of hydrogen-bond acceptors (Lipinski definition) is 1. The molecule has 2 aliphatic rings. The summed E-state index contributed by atoms with van der Waals surface area (Å²) in [4.78, 5) is 0. The first-order valence-corrected chi connectivity index (χ1v) is 10.1. The minimum Gasteiger partial charge on any atom is -0.373 e. The monoisotopic (exact) mass is 315 g/mol. The maximum absolute atomic E-state index is 3.97. The van der Waals surface area contributed by atoms with E-state index in [-0.39, 0.29) is 20.9 Å². The van der Waals surface area contributed by atoms with E-state index >= 15 is 0 Å².